The zero-order valence-electron chi connectivity index (χ0n) is 19.7. The number of thiocarbonyl (C=S) groups is 1. The minimum Gasteiger partial charge on any atom is -0.490 e. The van der Waals surface area contributed by atoms with Crippen molar-refractivity contribution in [3.63, 3.8) is 0 Å². The molecule has 35 heavy (non-hydrogen) atoms. The molecular weight excluding hydrogens is 550 g/mol. The van der Waals surface area contributed by atoms with Crippen molar-refractivity contribution in [2.75, 3.05) is 10.0 Å². The van der Waals surface area contributed by atoms with E-state index in [1.54, 1.807) is 42.5 Å². The molecule has 3 aromatic rings. The second kappa shape index (κ2) is 11.2. The molecular formula is C25H26BrN3O4S2. The number of amides is 1. The summed E-state index contributed by atoms with van der Waals surface area (Å²) in [5.41, 5.74) is 3.28. The van der Waals surface area contributed by atoms with Crippen LogP contribution in [0.15, 0.2) is 70.0 Å². The first-order chi connectivity index (χ1) is 16.4. The Bertz CT molecular complexity index is 1340. The number of benzene rings is 3. The van der Waals surface area contributed by atoms with Gasteiger partial charge in [-0.2, -0.15) is 0 Å². The lowest BCUT2D eigenvalue weighted by molar-refractivity contribution is 0.0972. The molecule has 1 amide bonds. The molecule has 3 rings (SSSR count). The van der Waals surface area contributed by atoms with E-state index in [9.17, 15) is 13.2 Å². The van der Waals surface area contributed by atoms with Crippen molar-refractivity contribution in [2.45, 2.75) is 38.7 Å². The van der Waals surface area contributed by atoms with Crippen molar-refractivity contribution in [1.82, 2.24) is 5.32 Å². The highest BCUT2D eigenvalue weighted by molar-refractivity contribution is 9.10. The maximum Gasteiger partial charge on any atom is 0.261 e. The first-order valence-corrected chi connectivity index (χ1v) is 13.4. The number of ether oxygens (including phenoxy) is 1. The summed E-state index contributed by atoms with van der Waals surface area (Å²) in [7, 11) is -3.76. The Morgan fingerprint density at radius 1 is 0.943 bits per heavy atom. The molecule has 3 N–H and O–H groups in total. The molecule has 0 aliphatic carbocycles. The Morgan fingerprint density at radius 2 is 1.57 bits per heavy atom. The van der Waals surface area contributed by atoms with Crippen molar-refractivity contribution in [1.29, 1.82) is 0 Å². The predicted octanol–water partition coefficient (Wildman–Crippen LogP) is 5.78. The average Bonchev–Trinajstić information content (AvgIpc) is 2.73. The Kier molecular flexibility index (Phi) is 8.52. The Hall–Kier alpha value is -2.95. The second-order valence-electron chi connectivity index (χ2n) is 8.22. The molecule has 0 unspecified atom stereocenters. The van der Waals surface area contributed by atoms with Crippen LogP contribution in [0.5, 0.6) is 5.75 Å². The molecule has 10 heteroatoms. The van der Waals surface area contributed by atoms with Gasteiger partial charge in [-0.25, -0.2) is 8.42 Å². The average molecular weight is 577 g/mol. The number of carbonyl (C=O) groups is 1. The van der Waals surface area contributed by atoms with Crippen molar-refractivity contribution in [3.8, 4) is 5.75 Å². The number of hydrogen-bond acceptors (Lipinski definition) is 5. The van der Waals surface area contributed by atoms with Crippen LogP contribution < -0.4 is 20.1 Å². The SMILES string of the molecule is Cc1cc(C)cc(NS(=O)(=O)c2ccc(NC(=S)NC(=O)c3cc(Br)ccc3OC(C)C)cc2)c1. The first kappa shape index (κ1) is 26.7. The Balaban J connectivity index is 1.67. The fourth-order valence-corrected chi connectivity index (χ4v) is 4.95. The number of anilines is 2. The predicted molar refractivity (Wildman–Crippen MR) is 147 cm³/mol. The summed E-state index contributed by atoms with van der Waals surface area (Å²) in [5, 5.41) is 5.58. The molecule has 3 aromatic carbocycles. The van der Waals surface area contributed by atoms with E-state index in [2.05, 4.69) is 31.3 Å². The van der Waals surface area contributed by atoms with Gasteiger partial charge in [-0.15, -0.1) is 0 Å². The molecule has 184 valence electrons. The number of hydrogen-bond donors (Lipinski definition) is 3. The summed E-state index contributed by atoms with van der Waals surface area (Å²) >= 11 is 8.63. The van der Waals surface area contributed by atoms with Crippen LogP contribution in [0.4, 0.5) is 11.4 Å². The molecule has 0 fully saturated rings. The van der Waals surface area contributed by atoms with Gasteiger partial charge in [0.25, 0.3) is 15.9 Å². The van der Waals surface area contributed by atoms with Crippen LogP contribution in [0.25, 0.3) is 0 Å². The lowest BCUT2D eigenvalue weighted by Gasteiger charge is -2.15. The molecule has 7 nitrogen and oxygen atoms in total. The molecule has 0 saturated heterocycles. The summed E-state index contributed by atoms with van der Waals surface area (Å²) in [6.07, 6.45) is -0.105. The maximum atomic E-state index is 12.8. The maximum absolute atomic E-state index is 12.8. The zero-order valence-corrected chi connectivity index (χ0v) is 22.9. The highest BCUT2D eigenvalue weighted by Gasteiger charge is 2.17. The van der Waals surface area contributed by atoms with Crippen LogP contribution in [-0.2, 0) is 10.0 Å². The van der Waals surface area contributed by atoms with Gasteiger partial charge in [0.15, 0.2) is 5.11 Å². The Morgan fingerprint density at radius 3 is 2.17 bits per heavy atom. The van der Waals surface area contributed by atoms with Crippen LogP contribution in [-0.4, -0.2) is 25.5 Å². The summed E-state index contributed by atoms with van der Waals surface area (Å²) < 4.78 is 34.6. The van der Waals surface area contributed by atoms with Gasteiger partial charge in [-0.3, -0.25) is 14.8 Å². The number of sulfonamides is 1. The van der Waals surface area contributed by atoms with E-state index in [0.29, 0.717) is 22.7 Å². The van der Waals surface area contributed by atoms with E-state index in [-0.39, 0.29) is 16.1 Å². The number of carbonyl (C=O) groups excluding carboxylic acids is 1. The number of aryl methyl sites for hydroxylation is 2. The number of rotatable bonds is 7. The standard InChI is InChI=1S/C25H26BrN3O4S2/c1-15(2)33-23-10-5-18(26)14-22(23)24(30)28-25(34)27-19-6-8-21(9-7-19)35(31,32)29-20-12-16(3)11-17(4)13-20/h5-15,29H,1-4H3,(H2,27,28,30,34). The molecule has 0 aliphatic heterocycles. The van der Waals surface area contributed by atoms with Gasteiger partial charge in [0, 0.05) is 15.8 Å². The van der Waals surface area contributed by atoms with Crippen molar-refractivity contribution < 1.29 is 17.9 Å². The van der Waals surface area contributed by atoms with Crippen LogP contribution >= 0.6 is 28.1 Å². The smallest absolute Gasteiger partial charge is 0.261 e. The van der Waals surface area contributed by atoms with E-state index in [1.165, 1.54) is 12.1 Å². The highest BCUT2D eigenvalue weighted by Crippen LogP contribution is 2.25. The molecule has 0 bridgehead atoms. The quantitative estimate of drug-likeness (QED) is 0.309. The molecule has 0 saturated carbocycles. The van der Waals surface area contributed by atoms with Gasteiger partial charge >= 0.3 is 0 Å². The fraction of sp³-hybridized carbons (Fsp3) is 0.200. The lowest BCUT2D eigenvalue weighted by atomic mass is 10.1. The topological polar surface area (TPSA) is 96.5 Å². The van der Waals surface area contributed by atoms with Gasteiger partial charge < -0.3 is 10.1 Å². The molecule has 0 aromatic heterocycles. The van der Waals surface area contributed by atoms with E-state index in [0.717, 1.165) is 15.6 Å². The third-order valence-electron chi connectivity index (χ3n) is 4.67. The highest BCUT2D eigenvalue weighted by atomic mass is 79.9. The van der Waals surface area contributed by atoms with Gasteiger partial charge in [0.2, 0.25) is 0 Å². The van der Waals surface area contributed by atoms with Gasteiger partial charge in [0.05, 0.1) is 16.6 Å². The van der Waals surface area contributed by atoms with Crippen molar-refractivity contribution >= 4 is 60.6 Å². The molecule has 0 atom stereocenters. The third-order valence-corrected chi connectivity index (χ3v) is 6.77. The lowest BCUT2D eigenvalue weighted by Crippen LogP contribution is -2.34. The monoisotopic (exact) mass is 575 g/mol. The number of halogens is 1. The minimum absolute atomic E-state index is 0.0643. The van der Waals surface area contributed by atoms with Crippen molar-refractivity contribution in [2.24, 2.45) is 0 Å². The first-order valence-electron chi connectivity index (χ1n) is 10.7. The Labute approximate surface area is 219 Å². The normalized spacial score (nSPS) is 11.1. The van der Waals surface area contributed by atoms with Gasteiger partial charge in [-0.05, 0) is 106 Å². The summed E-state index contributed by atoms with van der Waals surface area (Å²) in [5.74, 6) is 0.00524. The van der Waals surface area contributed by atoms with Crippen LogP contribution in [0.3, 0.4) is 0 Å². The minimum atomic E-state index is -3.76. The van der Waals surface area contributed by atoms with Gasteiger partial charge in [0.1, 0.15) is 5.75 Å². The summed E-state index contributed by atoms with van der Waals surface area (Å²) in [4.78, 5) is 12.9. The molecule has 0 heterocycles. The number of nitrogens with one attached hydrogen (secondary N) is 3. The van der Waals surface area contributed by atoms with Crippen LogP contribution in [0.2, 0.25) is 0 Å². The van der Waals surface area contributed by atoms with E-state index in [1.807, 2.05) is 33.8 Å². The fourth-order valence-electron chi connectivity index (χ4n) is 3.33. The largest absolute Gasteiger partial charge is 0.490 e. The summed E-state index contributed by atoms with van der Waals surface area (Å²) in [6.45, 7) is 7.55. The summed E-state index contributed by atoms with van der Waals surface area (Å²) in [6, 6.07) is 16.7. The molecule has 0 aliphatic rings. The van der Waals surface area contributed by atoms with E-state index >= 15 is 0 Å². The van der Waals surface area contributed by atoms with Gasteiger partial charge in [-0.1, -0.05) is 22.0 Å². The zero-order chi connectivity index (χ0) is 25.8. The van der Waals surface area contributed by atoms with Crippen LogP contribution in [0, 0.1) is 13.8 Å². The third kappa shape index (κ3) is 7.51. The molecule has 0 spiro atoms. The van der Waals surface area contributed by atoms with Crippen molar-refractivity contribution in [3.05, 3.63) is 81.8 Å². The van der Waals surface area contributed by atoms with Crippen LogP contribution in [0.1, 0.15) is 35.3 Å². The second-order valence-corrected chi connectivity index (χ2v) is 11.2. The van der Waals surface area contributed by atoms with E-state index in [4.69, 9.17) is 17.0 Å². The van der Waals surface area contributed by atoms with E-state index < -0.39 is 15.9 Å². The molecule has 0 radical (unpaired) electrons.